The zero-order valence-electron chi connectivity index (χ0n) is 11.6. The lowest BCUT2D eigenvalue weighted by molar-refractivity contribution is -0.907. The molecule has 0 saturated carbocycles. The number of phenols is 1. The highest BCUT2D eigenvalue weighted by molar-refractivity contribution is 5.74. The number of quaternary nitrogens is 1. The van der Waals surface area contributed by atoms with E-state index in [-0.39, 0.29) is 18.2 Å². The van der Waals surface area contributed by atoms with Gasteiger partial charge >= 0.3 is 0 Å². The van der Waals surface area contributed by atoms with E-state index in [0.717, 1.165) is 18.7 Å². The summed E-state index contributed by atoms with van der Waals surface area (Å²) in [5.74, 6) is 0.751. The van der Waals surface area contributed by atoms with Crippen LogP contribution in [0.1, 0.15) is 11.1 Å². The molecule has 0 amide bonds. The highest BCUT2D eigenvalue weighted by atomic mass is 35.5. The average Bonchev–Trinajstić information content (AvgIpc) is 2.53. The summed E-state index contributed by atoms with van der Waals surface area (Å²) >= 11 is 0. The van der Waals surface area contributed by atoms with Crippen LogP contribution in [0.4, 0.5) is 0 Å². The third kappa shape index (κ3) is 2.47. The van der Waals surface area contributed by atoms with Gasteiger partial charge in [-0.1, -0.05) is 24.3 Å². The van der Waals surface area contributed by atoms with Crippen molar-refractivity contribution in [3.8, 4) is 22.6 Å². The molecule has 4 heteroatoms. The molecule has 106 valence electrons. The number of benzene rings is 2. The van der Waals surface area contributed by atoms with Crippen LogP contribution in [0, 0.1) is 0 Å². The van der Waals surface area contributed by atoms with E-state index in [1.165, 1.54) is 21.6 Å². The Labute approximate surface area is 125 Å². The maximum atomic E-state index is 10.0. The summed E-state index contributed by atoms with van der Waals surface area (Å²) in [7, 11) is 3.77. The van der Waals surface area contributed by atoms with Crippen molar-refractivity contribution in [1.29, 1.82) is 0 Å². The van der Waals surface area contributed by atoms with Gasteiger partial charge in [-0.15, -0.1) is 0 Å². The van der Waals surface area contributed by atoms with Crippen LogP contribution in [0.15, 0.2) is 36.4 Å². The van der Waals surface area contributed by atoms with Gasteiger partial charge in [-0.2, -0.15) is 0 Å². The number of methoxy groups -OCH3 is 1. The number of phenolic OH excluding ortho intramolecular Hbond substituents is 1. The Hall–Kier alpha value is -1.71. The van der Waals surface area contributed by atoms with Gasteiger partial charge < -0.3 is 27.2 Å². The molecule has 0 aliphatic carbocycles. The fraction of sp³-hybridized carbons (Fsp3) is 0.250. The molecule has 0 spiro atoms. The largest absolute Gasteiger partial charge is 1.00 e. The Morgan fingerprint density at radius 2 is 1.75 bits per heavy atom. The number of halogens is 1. The van der Waals surface area contributed by atoms with Gasteiger partial charge in [-0.3, -0.25) is 0 Å². The Morgan fingerprint density at radius 3 is 2.50 bits per heavy atom. The lowest BCUT2D eigenvalue weighted by Crippen LogP contribution is -3.06. The van der Waals surface area contributed by atoms with Crippen LogP contribution >= 0.6 is 0 Å². The summed E-state index contributed by atoms with van der Waals surface area (Å²) in [6, 6.07) is 12.2. The van der Waals surface area contributed by atoms with Crippen LogP contribution in [0.2, 0.25) is 0 Å². The second-order valence-electron chi connectivity index (χ2n) is 5.15. The zero-order chi connectivity index (χ0) is 13.4. The summed E-state index contributed by atoms with van der Waals surface area (Å²) in [4.78, 5) is 1.43. The quantitative estimate of drug-likeness (QED) is 0.678. The first-order chi connectivity index (χ1) is 9.19. The molecule has 20 heavy (non-hydrogen) atoms. The molecule has 2 N–H and O–H groups in total. The number of aromatic hydroxyl groups is 1. The zero-order valence-corrected chi connectivity index (χ0v) is 12.4. The molecular formula is C16H18ClNO2. The van der Waals surface area contributed by atoms with E-state index < -0.39 is 0 Å². The molecule has 1 aliphatic rings. The van der Waals surface area contributed by atoms with Gasteiger partial charge in [0.25, 0.3) is 0 Å². The SMILES string of the molecule is COc1cc2c(cc1O)-c1ccccc1C[NH+](C)C2.[Cl-]. The molecule has 0 bridgehead atoms. The molecule has 0 fully saturated rings. The molecule has 2 aromatic carbocycles. The maximum absolute atomic E-state index is 10.0. The molecule has 1 atom stereocenters. The van der Waals surface area contributed by atoms with Crippen molar-refractivity contribution in [2.45, 2.75) is 13.1 Å². The Bertz CT molecular complexity index is 628. The molecule has 3 nitrogen and oxygen atoms in total. The van der Waals surface area contributed by atoms with Crippen molar-refractivity contribution < 1.29 is 27.2 Å². The Morgan fingerprint density at radius 1 is 1.05 bits per heavy atom. The van der Waals surface area contributed by atoms with Crippen molar-refractivity contribution >= 4 is 0 Å². The first-order valence-electron chi connectivity index (χ1n) is 6.48. The highest BCUT2D eigenvalue weighted by Crippen LogP contribution is 2.36. The summed E-state index contributed by atoms with van der Waals surface area (Å²) < 4.78 is 5.22. The molecule has 0 radical (unpaired) electrons. The summed E-state index contributed by atoms with van der Waals surface area (Å²) in [5.41, 5.74) is 4.87. The third-order valence-electron chi connectivity index (χ3n) is 3.70. The van der Waals surface area contributed by atoms with Gasteiger partial charge in [-0.25, -0.2) is 0 Å². The van der Waals surface area contributed by atoms with Crippen molar-refractivity contribution in [3.05, 3.63) is 47.5 Å². The van der Waals surface area contributed by atoms with Gasteiger partial charge in [0, 0.05) is 11.1 Å². The minimum atomic E-state index is 0. The monoisotopic (exact) mass is 291 g/mol. The minimum absolute atomic E-state index is 0. The van der Waals surface area contributed by atoms with Crippen LogP contribution in [-0.4, -0.2) is 19.3 Å². The number of fused-ring (bicyclic) bond motifs is 3. The van der Waals surface area contributed by atoms with E-state index in [2.05, 4.69) is 25.2 Å². The van der Waals surface area contributed by atoms with E-state index in [0.29, 0.717) is 5.75 Å². The van der Waals surface area contributed by atoms with Gasteiger partial charge in [0.15, 0.2) is 11.5 Å². The smallest absolute Gasteiger partial charge is 0.161 e. The van der Waals surface area contributed by atoms with E-state index in [1.807, 2.05) is 18.2 Å². The Balaban J connectivity index is 0.00000147. The van der Waals surface area contributed by atoms with Gasteiger partial charge in [0.2, 0.25) is 0 Å². The molecule has 1 unspecified atom stereocenters. The number of hydrogen-bond donors (Lipinski definition) is 2. The maximum Gasteiger partial charge on any atom is 0.161 e. The van der Waals surface area contributed by atoms with E-state index in [1.54, 1.807) is 7.11 Å². The van der Waals surface area contributed by atoms with Crippen molar-refractivity contribution in [1.82, 2.24) is 0 Å². The summed E-state index contributed by atoms with van der Waals surface area (Å²) in [6.07, 6.45) is 0. The average molecular weight is 292 g/mol. The first-order valence-corrected chi connectivity index (χ1v) is 6.48. The summed E-state index contributed by atoms with van der Waals surface area (Å²) in [5, 5.41) is 10.0. The number of ether oxygens (including phenoxy) is 1. The van der Waals surface area contributed by atoms with Crippen LogP contribution in [0.5, 0.6) is 11.5 Å². The molecule has 1 aliphatic heterocycles. The van der Waals surface area contributed by atoms with Crippen molar-refractivity contribution in [2.75, 3.05) is 14.2 Å². The van der Waals surface area contributed by atoms with Gasteiger partial charge in [0.1, 0.15) is 13.1 Å². The fourth-order valence-corrected chi connectivity index (χ4v) is 2.82. The van der Waals surface area contributed by atoms with E-state index in [9.17, 15) is 5.11 Å². The molecule has 3 rings (SSSR count). The third-order valence-corrected chi connectivity index (χ3v) is 3.70. The number of rotatable bonds is 1. The predicted octanol–water partition coefficient (Wildman–Crippen LogP) is -1.40. The van der Waals surface area contributed by atoms with E-state index >= 15 is 0 Å². The number of nitrogens with one attached hydrogen (secondary N) is 1. The van der Waals surface area contributed by atoms with E-state index in [4.69, 9.17) is 4.74 Å². The lowest BCUT2D eigenvalue weighted by Gasteiger charge is -2.12. The standard InChI is InChI=1S/C16H17NO2.ClH/c1-17-9-11-5-3-4-6-13(11)14-8-15(18)16(19-2)7-12(14)10-17;/h3-8,18H,9-10H2,1-2H3;1H. The molecular weight excluding hydrogens is 274 g/mol. The normalized spacial score (nSPS) is 16.4. The van der Waals surface area contributed by atoms with Crippen LogP contribution < -0.4 is 22.0 Å². The molecule has 1 heterocycles. The van der Waals surface area contributed by atoms with Crippen LogP contribution in [0.25, 0.3) is 11.1 Å². The molecule has 0 aromatic heterocycles. The fourth-order valence-electron chi connectivity index (χ4n) is 2.82. The Kier molecular flexibility index (Phi) is 4.21. The minimum Gasteiger partial charge on any atom is -1.00 e. The molecule has 2 aromatic rings. The van der Waals surface area contributed by atoms with Gasteiger partial charge in [-0.05, 0) is 23.3 Å². The van der Waals surface area contributed by atoms with Crippen molar-refractivity contribution in [3.63, 3.8) is 0 Å². The number of hydrogen-bond acceptors (Lipinski definition) is 2. The second-order valence-corrected chi connectivity index (χ2v) is 5.15. The van der Waals surface area contributed by atoms with Crippen LogP contribution in [0.3, 0.4) is 0 Å². The van der Waals surface area contributed by atoms with Crippen molar-refractivity contribution in [2.24, 2.45) is 0 Å². The van der Waals surface area contributed by atoms with Gasteiger partial charge in [0.05, 0.1) is 14.2 Å². The predicted molar refractivity (Wildman–Crippen MR) is 74.4 cm³/mol. The highest BCUT2D eigenvalue weighted by Gasteiger charge is 2.21. The topological polar surface area (TPSA) is 33.9 Å². The second kappa shape index (κ2) is 5.73. The lowest BCUT2D eigenvalue weighted by atomic mass is 9.96. The molecule has 0 saturated heterocycles. The van der Waals surface area contributed by atoms with Crippen LogP contribution in [-0.2, 0) is 13.1 Å². The first kappa shape index (κ1) is 14.7. The summed E-state index contributed by atoms with van der Waals surface area (Å²) in [6.45, 7) is 1.93.